The maximum absolute atomic E-state index is 13.4. The largest absolute Gasteiger partial charge is 0.462 e. The fourth-order valence-corrected chi connectivity index (χ4v) is 7.59. The number of hydrogen-bond acceptors (Lipinski definition) is 9. The minimum atomic E-state index is -0.494. The van der Waals surface area contributed by atoms with Crippen LogP contribution in [0.15, 0.2) is 28.0 Å². The first-order valence-corrected chi connectivity index (χ1v) is 15.7. The Hall–Kier alpha value is -3.12. The average molecular weight is 586 g/mol. The third kappa shape index (κ3) is 6.27. The lowest BCUT2D eigenvalue weighted by Gasteiger charge is -2.26. The minimum Gasteiger partial charge on any atom is -0.462 e. The fourth-order valence-electron chi connectivity index (χ4n) is 5.37. The molecule has 5 rings (SSSR count). The number of fused-ring (bicyclic) bond motifs is 1. The van der Waals surface area contributed by atoms with Crippen LogP contribution in [0.4, 0.5) is 5.00 Å². The molecule has 3 aromatic heterocycles. The van der Waals surface area contributed by atoms with Gasteiger partial charge in [-0.3, -0.25) is 9.59 Å². The molecule has 3 aromatic rings. The lowest BCUT2D eigenvalue weighted by Crippen LogP contribution is -2.27. The van der Waals surface area contributed by atoms with E-state index in [1.807, 2.05) is 6.92 Å². The Morgan fingerprint density at radius 2 is 1.98 bits per heavy atom. The molecular formula is C28H35N5O5S2. The van der Waals surface area contributed by atoms with E-state index in [4.69, 9.17) is 9.15 Å². The first-order valence-electron chi connectivity index (χ1n) is 14.0. The number of ether oxygens (including phenoxy) is 1. The third-order valence-corrected chi connectivity index (χ3v) is 9.63. The molecule has 2 aliphatic rings. The van der Waals surface area contributed by atoms with Crippen LogP contribution in [0.25, 0.3) is 0 Å². The van der Waals surface area contributed by atoms with Crippen LogP contribution in [0.2, 0.25) is 0 Å². The van der Waals surface area contributed by atoms with Crippen LogP contribution in [-0.2, 0) is 28.9 Å². The van der Waals surface area contributed by atoms with Crippen molar-refractivity contribution in [2.45, 2.75) is 94.6 Å². The summed E-state index contributed by atoms with van der Waals surface area (Å²) in [5, 5.41) is 15.4. The van der Waals surface area contributed by atoms with Crippen molar-refractivity contribution in [3.05, 3.63) is 46.0 Å². The molecule has 1 fully saturated rings. The molecule has 0 aromatic carbocycles. The number of nitrogens with zero attached hydrogens (tertiary/aromatic N) is 3. The number of thioether (sulfide) groups is 1. The molecule has 2 aliphatic carbocycles. The number of thiophene rings is 1. The van der Waals surface area contributed by atoms with Crippen LogP contribution in [0.3, 0.4) is 0 Å². The van der Waals surface area contributed by atoms with Gasteiger partial charge in [-0.15, -0.1) is 21.5 Å². The Morgan fingerprint density at radius 3 is 2.73 bits per heavy atom. The van der Waals surface area contributed by atoms with E-state index < -0.39 is 5.25 Å². The topological polar surface area (TPSA) is 128 Å². The Bertz CT molecular complexity index is 1340. The third-order valence-electron chi connectivity index (χ3n) is 7.37. The summed E-state index contributed by atoms with van der Waals surface area (Å²) in [7, 11) is 0. The molecule has 1 atom stereocenters. The van der Waals surface area contributed by atoms with E-state index in [-0.39, 0.29) is 42.7 Å². The predicted octanol–water partition coefficient (Wildman–Crippen LogP) is 5.54. The average Bonchev–Trinajstić information content (AvgIpc) is 3.71. The van der Waals surface area contributed by atoms with E-state index in [2.05, 4.69) is 25.4 Å². The second kappa shape index (κ2) is 13.0. The second-order valence-electron chi connectivity index (χ2n) is 10.1. The van der Waals surface area contributed by atoms with Gasteiger partial charge >= 0.3 is 5.97 Å². The normalized spacial score (nSPS) is 16.2. The summed E-state index contributed by atoms with van der Waals surface area (Å²) in [5.41, 5.74) is 1.52. The van der Waals surface area contributed by atoms with Gasteiger partial charge in [-0.25, -0.2) is 4.79 Å². The molecule has 10 nitrogen and oxygen atoms in total. The van der Waals surface area contributed by atoms with Crippen molar-refractivity contribution in [2.24, 2.45) is 0 Å². The highest BCUT2D eigenvalue weighted by Gasteiger charge is 2.30. The SMILES string of the molecule is CCOC(=O)c1c(NC(=O)[C@@H](C)Sc2nnc(CNC(=O)c3ccco3)n2C2CCCCC2)sc2c1CCCC2. The van der Waals surface area contributed by atoms with Gasteiger partial charge in [0, 0.05) is 10.9 Å². The zero-order chi connectivity index (χ0) is 28.1. The van der Waals surface area contributed by atoms with Crippen LogP contribution >= 0.6 is 23.1 Å². The monoisotopic (exact) mass is 585 g/mol. The molecule has 214 valence electrons. The van der Waals surface area contributed by atoms with Gasteiger partial charge in [0.15, 0.2) is 16.7 Å². The molecule has 0 saturated heterocycles. The highest BCUT2D eigenvalue weighted by atomic mass is 32.2. The zero-order valence-corrected chi connectivity index (χ0v) is 24.5. The number of amides is 2. The van der Waals surface area contributed by atoms with Gasteiger partial charge < -0.3 is 24.4 Å². The quantitative estimate of drug-likeness (QED) is 0.234. The number of carbonyl (C=O) groups is 3. The van der Waals surface area contributed by atoms with Crippen molar-refractivity contribution in [1.29, 1.82) is 0 Å². The molecule has 12 heteroatoms. The maximum Gasteiger partial charge on any atom is 0.341 e. The first kappa shape index (κ1) is 28.4. The molecule has 0 spiro atoms. The van der Waals surface area contributed by atoms with E-state index in [0.717, 1.165) is 61.8 Å². The highest BCUT2D eigenvalue weighted by molar-refractivity contribution is 8.00. The highest BCUT2D eigenvalue weighted by Crippen LogP contribution is 2.39. The van der Waals surface area contributed by atoms with Crippen molar-refractivity contribution in [3.63, 3.8) is 0 Å². The molecule has 1 saturated carbocycles. The van der Waals surface area contributed by atoms with E-state index >= 15 is 0 Å². The van der Waals surface area contributed by atoms with E-state index in [1.54, 1.807) is 19.1 Å². The minimum absolute atomic E-state index is 0.202. The summed E-state index contributed by atoms with van der Waals surface area (Å²) in [6.45, 7) is 4.10. The Balaban J connectivity index is 1.32. The van der Waals surface area contributed by atoms with Gasteiger partial charge in [0.2, 0.25) is 5.91 Å². The van der Waals surface area contributed by atoms with Gasteiger partial charge in [-0.05, 0) is 70.1 Å². The Kier molecular flexibility index (Phi) is 9.25. The molecule has 2 amide bonds. The van der Waals surface area contributed by atoms with Gasteiger partial charge in [-0.1, -0.05) is 31.0 Å². The molecule has 0 aliphatic heterocycles. The van der Waals surface area contributed by atoms with Gasteiger partial charge in [0.1, 0.15) is 5.00 Å². The second-order valence-corrected chi connectivity index (χ2v) is 12.5. The number of esters is 1. The van der Waals surface area contributed by atoms with Crippen molar-refractivity contribution in [2.75, 3.05) is 11.9 Å². The molecule has 3 heterocycles. The lowest BCUT2D eigenvalue weighted by molar-refractivity contribution is -0.115. The summed E-state index contributed by atoms with van der Waals surface area (Å²) in [4.78, 5) is 39.8. The zero-order valence-electron chi connectivity index (χ0n) is 22.9. The van der Waals surface area contributed by atoms with Crippen molar-refractivity contribution >= 4 is 45.9 Å². The van der Waals surface area contributed by atoms with E-state index in [0.29, 0.717) is 21.5 Å². The smallest absolute Gasteiger partial charge is 0.341 e. The molecule has 40 heavy (non-hydrogen) atoms. The summed E-state index contributed by atoms with van der Waals surface area (Å²) >= 11 is 2.82. The molecule has 0 bridgehead atoms. The number of aryl methyl sites for hydroxylation is 1. The van der Waals surface area contributed by atoms with Crippen LogP contribution in [-0.4, -0.2) is 44.4 Å². The maximum atomic E-state index is 13.4. The van der Waals surface area contributed by atoms with Crippen molar-refractivity contribution < 1.29 is 23.5 Å². The van der Waals surface area contributed by atoms with Crippen LogP contribution in [0.1, 0.15) is 102 Å². The fraction of sp³-hybridized carbons (Fsp3) is 0.536. The Morgan fingerprint density at radius 1 is 1.18 bits per heavy atom. The molecule has 0 unspecified atom stereocenters. The summed E-state index contributed by atoms with van der Waals surface area (Å²) in [6, 6.07) is 3.48. The number of nitrogens with one attached hydrogen (secondary N) is 2. The molecule has 2 N–H and O–H groups in total. The predicted molar refractivity (Wildman–Crippen MR) is 153 cm³/mol. The van der Waals surface area contributed by atoms with E-state index in [9.17, 15) is 14.4 Å². The van der Waals surface area contributed by atoms with Crippen LogP contribution in [0.5, 0.6) is 0 Å². The Labute approximate surface area is 241 Å². The van der Waals surface area contributed by atoms with E-state index in [1.165, 1.54) is 35.8 Å². The number of anilines is 1. The van der Waals surface area contributed by atoms with Crippen LogP contribution in [0, 0.1) is 0 Å². The van der Waals surface area contributed by atoms with Crippen molar-refractivity contribution in [1.82, 2.24) is 20.1 Å². The molecule has 0 radical (unpaired) electrons. The summed E-state index contributed by atoms with van der Waals surface area (Å²) < 4.78 is 12.6. The number of aromatic nitrogens is 3. The number of hydrogen-bond donors (Lipinski definition) is 2. The van der Waals surface area contributed by atoms with Gasteiger partial charge in [0.25, 0.3) is 5.91 Å². The number of rotatable bonds is 10. The van der Waals surface area contributed by atoms with Crippen LogP contribution < -0.4 is 10.6 Å². The summed E-state index contributed by atoms with van der Waals surface area (Å²) in [5.74, 6) is -0.0181. The van der Waals surface area contributed by atoms with Gasteiger partial charge in [0.05, 0.1) is 30.2 Å². The van der Waals surface area contributed by atoms with Gasteiger partial charge in [-0.2, -0.15) is 0 Å². The lowest BCUT2D eigenvalue weighted by atomic mass is 9.95. The molecular weight excluding hydrogens is 550 g/mol. The summed E-state index contributed by atoms with van der Waals surface area (Å²) in [6.07, 6.45) is 10.7. The first-order chi connectivity index (χ1) is 19.5. The standard InChI is InChI=1S/C28H35N5O5S2/c1-3-37-27(36)23-19-12-7-8-14-21(19)40-26(23)30-24(34)17(2)39-28-32-31-22(33(28)18-10-5-4-6-11-18)16-29-25(35)20-13-9-15-38-20/h9,13,15,17-18H,3-8,10-12,14,16H2,1-2H3,(H,29,35)(H,30,34)/t17-/m1/s1. The number of carbonyl (C=O) groups excluding carboxylic acids is 3. The number of furan rings is 1. The van der Waals surface area contributed by atoms with Crippen molar-refractivity contribution in [3.8, 4) is 0 Å².